The molecule has 0 bridgehead atoms. The van der Waals surface area contributed by atoms with E-state index in [4.69, 9.17) is 43.8 Å². The normalized spacial score (nSPS) is 12.3. The Morgan fingerprint density at radius 2 is 0.685 bits per heavy atom. The van der Waals surface area contributed by atoms with Gasteiger partial charge in [-0.05, 0) is 216 Å². The zero-order valence-corrected chi connectivity index (χ0v) is 68.7. The molecule has 0 saturated carbocycles. The van der Waals surface area contributed by atoms with Gasteiger partial charge in [-0.25, -0.2) is 15.0 Å². The lowest BCUT2D eigenvalue weighted by Crippen LogP contribution is -2.40. The number of amides is 3. The number of fused-ring (bicyclic) bond motifs is 3. The van der Waals surface area contributed by atoms with Crippen LogP contribution in [-0.2, 0) is 38.9 Å². The van der Waals surface area contributed by atoms with E-state index in [0.717, 1.165) is 110 Å². The third-order valence-electron chi connectivity index (χ3n) is 21.4. The second-order valence-electron chi connectivity index (χ2n) is 30.6. The van der Waals surface area contributed by atoms with Crippen molar-refractivity contribution in [3.63, 3.8) is 0 Å². The van der Waals surface area contributed by atoms with E-state index in [2.05, 4.69) is 193 Å². The Morgan fingerprint density at radius 3 is 1.00 bits per heavy atom. The van der Waals surface area contributed by atoms with E-state index in [1.165, 1.54) is 38.9 Å². The van der Waals surface area contributed by atoms with Gasteiger partial charge in [0, 0.05) is 61.0 Å². The van der Waals surface area contributed by atoms with Gasteiger partial charge in [0.2, 0.25) is 0 Å². The molecule has 0 aliphatic heterocycles. The number of rotatable bonds is 30. The van der Waals surface area contributed by atoms with E-state index >= 15 is 0 Å². The molecule has 0 fully saturated rings. The first-order valence-corrected chi connectivity index (χ1v) is 40.4. The molecular weight excluding hydrogens is 1390 g/mol. The molecule has 0 radical (unpaired) electrons. The Bertz CT molecular complexity index is 4820. The van der Waals surface area contributed by atoms with Crippen molar-refractivity contribution >= 4 is 62.4 Å². The number of hydrogen-bond acceptors (Lipinski definition) is 9. The van der Waals surface area contributed by atoms with Crippen molar-refractivity contribution in [1.29, 1.82) is 0 Å². The smallest absolute Gasteiger partial charge is 0.254 e. The SMILES string of the molecule is CCc1c(C)ccc2c1nc([C@@H](C(C)C)N(CCCN)C(=O)c1ccc(C)cc1)n2Cc1ccccc1.CCc1c(Cl)ccc2c1nc([C@@H](C(C)C)N(CCCN)C(=O)c1ccc(C)cc1)n2Cc1ccccc1.CCc1ccc2c(nc([C@@H](C(C)C)N(CCCN)C(=O)c3ccc(C)cc3)n2Cc2ccccc2)c1C. The Balaban J connectivity index is 0.000000177. The van der Waals surface area contributed by atoms with E-state index in [-0.39, 0.29) is 53.6 Å². The van der Waals surface area contributed by atoms with Gasteiger partial charge in [-0.1, -0.05) is 230 Å². The van der Waals surface area contributed by atoms with Gasteiger partial charge in [0.15, 0.2) is 0 Å². The monoisotopic (exact) mass is 1510 g/mol. The Hall–Kier alpha value is -10.0. The topological polar surface area (TPSA) is 192 Å². The van der Waals surface area contributed by atoms with Crippen LogP contribution in [0.3, 0.4) is 0 Å². The Kier molecular flexibility index (Phi) is 29.5. The summed E-state index contributed by atoms with van der Waals surface area (Å²) < 4.78 is 6.91. The van der Waals surface area contributed by atoms with Crippen LogP contribution in [0.5, 0.6) is 0 Å². The third kappa shape index (κ3) is 19.7. The molecule has 0 aliphatic rings. The molecule has 12 rings (SSSR count). The van der Waals surface area contributed by atoms with Crippen molar-refractivity contribution in [3.8, 4) is 0 Å². The zero-order valence-electron chi connectivity index (χ0n) is 68.0. The fourth-order valence-electron chi connectivity index (χ4n) is 15.5. The largest absolute Gasteiger partial charge is 0.330 e. The molecule has 6 N–H and O–H groups in total. The molecule has 0 aliphatic carbocycles. The Morgan fingerprint density at radius 1 is 0.378 bits per heavy atom. The summed E-state index contributed by atoms with van der Waals surface area (Å²) in [6.45, 7) is 35.3. The highest BCUT2D eigenvalue weighted by Gasteiger charge is 2.37. The predicted octanol–water partition coefficient (Wildman–Crippen LogP) is 19.7. The first-order valence-electron chi connectivity index (χ1n) is 40.1. The van der Waals surface area contributed by atoms with Gasteiger partial charge in [-0.2, -0.15) is 0 Å². The molecule has 3 aromatic heterocycles. The summed E-state index contributed by atoms with van der Waals surface area (Å²) in [4.78, 5) is 63.8. The number of benzene rings is 9. The lowest BCUT2D eigenvalue weighted by Gasteiger charge is -2.34. The average Bonchev–Trinajstić information content (AvgIpc) is 1.62. The number of hydrogen-bond donors (Lipinski definition) is 3. The average molecular weight is 1510 g/mol. The number of imidazole rings is 3. The van der Waals surface area contributed by atoms with Gasteiger partial charge in [-0.3, -0.25) is 14.4 Å². The molecular formula is C95H117ClN12O3. The van der Waals surface area contributed by atoms with Gasteiger partial charge >= 0.3 is 0 Å². The maximum Gasteiger partial charge on any atom is 0.254 e. The van der Waals surface area contributed by atoms with Gasteiger partial charge in [0.1, 0.15) is 17.5 Å². The molecule has 15 nitrogen and oxygen atoms in total. The summed E-state index contributed by atoms with van der Waals surface area (Å²) in [6, 6.07) is 67.0. The molecule has 0 unspecified atom stereocenters. The van der Waals surface area contributed by atoms with Gasteiger partial charge in [0.05, 0.1) is 51.2 Å². The number of carbonyl (C=O) groups is 3. The van der Waals surface area contributed by atoms with Crippen molar-refractivity contribution in [2.45, 2.75) is 173 Å². The number of carbonyl (C=O) groups excluding carboxylic acids is 3. The van der Waals surface area contributed by atoms with Gasteiger partial charge < -0.3 is 45.6 Å². The highest BCUT2D eigenvalue weighted by Crippen LogP contribution is 2.40. The van der Waals surface area contributed by atoms with E-state index in [1.807, 2.05) is 133 Å². The van der Waals surface area contributed by atoms with Crippen LogP contribution < -0.4 is 17.2 Å². The highest BCUT2D eigenvalue weighted by atomic mass is 35.5. The molecule has 12 aromatic rings. The van der Waals surface area contributed by atoms with E-state index < -0.39 is 0 Å². The summed E-state index contributed by atoms with van der Waals surface area (Å²) in [5.41, 5.74) is 39.2. The fourth-order valence-corrected chi connectivity index (χ4v) is 15.8. The number of aryl methyl sites for hydroxylation is 8. The summed E-state index contributed by atoms with van der Waals surface area (Å²) in [7, 11) is 0. The minimum Gasteiger partial charge on any atom is -0.330 e. The van der Waals surface area contributed by atoms with Crippen molar-refractivity contribution < 1.29 is 14.4 Å². The molecule has 9 aromatic carbocycles. The summed E-state index contributed by atoms with van der Waals surface area (Å²) in [5, 5.41) is 0.725. The molecule has 582 valence electrons. The molecule has 16 heteroatoms. The lowest BCUT2D eigenvalue weighted by atomic mass is 9.99. The first kappa shape index (κ1) is 83.4. The maximum absolute atomic E-state index is 14.0. The van der Waals surface area contributed by atoms with Crippen LogP contribution in [0.1, 0.15) is 209 Å². The van der Waals surface area contributed by atoms with E-state index in [1.54, 1.807) is 0 Å². The second-order valence-corrected chi connectivity index (χ2v) is 31.0. The zero-order chi connectivity index (χ0) is 79.6. The van der Waals surface area contributed by atoms with E-state index in [0.29, 0.717) is 82.0 Å². The lowest BCUT2D eigenvalue weighted by molar-refractivity contribution is 0.0599. The molecule has 3 amide bonds. The van der Waals surface area contributed by atoms with Crippen LogP contribution in [-0.4, -0.2) is 100 Å². The summed E-state index contributed by atoms with van der Waals surface area (Å²) in [5.74, 6) is 3.24. The first-order chi connectivity index (χ1) is 53.5. The fraction of sp³-hybridized carbons (Fsp3) is 0.368. The van der Waals surface area contributed by atoms with Crippen LogP contribution in [0.15, 0.2) is 200 Å². The molecule has 0 spiro atoms. The number of aromatic nitrogens is 6. The van der Waals surface area contributed by atoms with Crippen LogP contribution in [0.4, 0.5) is 0 Å². The van der Waals surface area contributed by atoms with Gasteiger partial charge in [0.25, 0.3) is 17.7 Å². The summed E-state index contributed by atoms with van der Waals surface area (Å²) >= 11 is 6.61. The number of nitrogens with zero attached hydrogens (tertiary/aromatic N) is 9. The summed E-state index contributed by atoms with van der Waals surface area (Å²) in [6.07, 6.45) is 4.84. The molecule has 111 heavy (non-hydrogen) atoms. The minimum absolute atomic E-state index is 0.000727. The Labute approximate surface area is 664 Å². The standard InChI is InChI=1S/2C32H40N4O.C31H37ClN4O/c1-6-27-24(5)15-18-28-29(27)34-31(36(28)21-25-11-8-7-9-12-25)30(22(2)3)35(20-10-19-33)32(37)26-16-13-23(4)14-17-26;1-6-26-17-18-28-29(24(26)5)34-31(36(28)21-25-11-8-7-9-12-25)30(22(2)3)35(20-10-19-33)32(37)27-15-13-23(4)14-16-27;1-5-25-26(32)16-17-27-28(25)34-30(36(27)20-23-10-7-6-8-11-23)29(21(2)3)35(19-9-18-33)31(37)24-14-12-22(4)13-15-24/h2*7-9,11-18,22,30H,6,10,19-21,33H2,1-5H3;6-8,10-17,21,29H,5,9,18-20,33H2,1-4H3/t2*30-;29-/m111/s1. The highest BCUT2D eigenvalue weighted by molar-refractivity contribution is 6.32. The predicted molar refractivity (Wildman–Crippen MR) is 459 cm³/mol. The quantitative estimate of drug-likeness (QED) is 0.0393. The van der Waals surface area contributed by atoms with E-state index in [9.17, 15) is 14.4 Å². The third-order valence-corrected chi connectivity index (χ3v) is 21.8. The number of halogens is 1. The van der Waals surface area contributed by atoms with Gasteiger partial charge in [-0.15, -0.1) is 0 Å². The molecule has 3 atom stereocenters. The van der Waals surface area contributed by atoms with Crippen LogP contribution in [0.2, 0.25) is 5.02 Å². The van der Waals surface area contributed by atoms with Crippen molar-refractivity contribution in [3.05, 3.63) is 301 Å². The maximum atomic E-state index is 14.0. The van der Waals surface area contributed by atoms with Crippen LogP contribution in [0.25, 0.3) is 33.1 Å². The number of nitrogens with two attached hydrogens (primary N) is 3. The second kappa shape index (κ2) is 39.2. The van der Waals surface area contributed by atoms with Crippen LogP contribution >= 0.6 is 11.6 Å². The molecule has 0 saturated heterocycles. The van der Waals surface area contributed by atoms with Crippen molar-refractivity contribution in [1.82, 2.24) is 43.4 Å². The van der Waals surface area contributed by atoms with Crippen LogP contribution in [0, 0.1) is 52.4 Å². The minimum atomic E-state index is -0.236. The molecule has 3 heterocycles. The van der Waals surface area contributed by atoms with Crippen molar-refractivity contribution in [2.24, 2.45) is 35.0 Å². The van der Waals surface area contributed by atoms with Crippen molar-refractivity contribution in [2.75, 3.05) is 39.3 Å².